The minimum absolute atomic E-state index is 1.11. The number of fused-ring (bicyclic) bond motifs is 4. The van der Waals surface area contributed by atoms with E-state index < -0.39 is 0 Å². The van der Waals surface area contributed by atoms with Crippen LogP contribution in [-0.4, -0.2) is 4.57 Å². The van der Waals surface area contributed by atoms with Crippen LogP contribution in [0.1, 0.15) is 0 Å². The predicted molar refractivity (Wildman–Crippen MR) is 255 cm³/mol. The topological polar surface area (TPSA) is 8.17 Å². The maximum atomic E-state index is 2.41. The highest BCUT2D eigenvalue weighted by Gasteiger charge is 2.16. The second-order valence-corrected chi connectivity index (χ2v) is 15.4. The molecule has 0 bridgehead atoms. The molecule has 0 amide bonds. The lowest BCUT2D eigenvalue weighted by Crippen LogP contribution is -2.09. The minimum Gasteiger partial charge on any atom is -0.311 e. The highest BCUT2D eigenvalue weighted by Crippen LogP contribution is 2.39. The monoisotopic (exact) mass is 764 g/mol. The molecule has 0 aliphatic rings. The van der Waals surface area contributed by atoms with Gasteiger partial charge in [0.05, 0.1) is 16.7 Å². The Balaban J connectivity index is 0.864. The SMILES string of the molecule is c1ccc(N(c2ccc(-c3ccc(-c4ccc5ccccc5c4)cc3)cc2)c2ccc(-c3ccc(-c4ccccc4-n4c5ccccc5c5ccccc54)cc3)cc2)cc1. The summed E-state index contributed by atoms with van der Waals surface area (Å²) in [5, 5.41) is 5.06. The second-order valence-electron chi connectivity index (χ2n) is 15.4. The van der Waals surface area contributed by atoms with Crippen LogP contribution in [0, 0.1) is 0 Å². The molecular weight excluding hydrogens is 725 g/mol. The van der Waals surface area contributed by atoms with Crippen molar-refractivity contribution in [2.75, 3.05) is 4.90 Å². The third-order valence-corrected chi connectivity index (χ3v) is 11.8. The van der Waals surface area contributed by atoms with Gasteiger partial charge in [0.2, 0.25) is 0 Å². The molecule has 0 aliphatic heterocycles. The van der Waals surface area contributed by atoms with Crippen LogP contribution in [0.15, 0.2) is 243 Å². The van der Waals surface area contributed by atoms with Crippen molar-refractivity contribution < 1.29 is 0 Å². The molecule has 1 aromatic heterocycles. The largest absolute Gasteiger partial charge is 0.311 e. The molecule has 0 saturated heterocycles. The molecular formula is C58H40N2. The molecule has 0 spiro atoms. The van der Waals surface area contributed by atoms with Gasteiger partial charge in [-0.2, -0.15) is 0 Å². The van der Waals surface area contributed by atoms with Crippen molar-refractivity contribution in [3.8, 4) is 50.2 Å². The van der Waals surface area contributed by atoms with Crippen molar-refractivity contribution in [1.29, 1.82) is 0 Å². The van der Waals surface area contributed by atoms with Crippen LogP contribution >= 0.6 is 0 Å². The molecule has 11 rings (SSSR count). The summed E-state index contributed by atoms with van der Waals surface area (Å²) in [6, 6.07) is 87.7. The summed E-state index contributed by atoms with van der Waals surface area (Å²) in [6.07, 6.45) is 0. The third-order valence-electron chi connectivity index (χ3n) is 11.8. The fourth-order valence-corrected chi connectivity index (χ4v) is 8.79. The first-order valence-corrected chi connectivity index (χ1v) is 20.6. The molecule has 2 nitrogen and oxygen atoms in total. The van der Waals surface area contributed by atoms with Gasteiger partial charge < -0.3 is 9.47 Å². The third kappa shape index (κ3) is 6.41. The van der Waals surface area contributed by atoms with Gasteiger partial charge in [0, 0.05) is 33.4 Å². The van der Waals surface area contributed by atoms with E-state index in [1.54, 1.807) is 0 Å². The van der Waals surface area contributed by atoms with E-state index in [9.17, 15) is 0 Å². The summed E-state index contributed by atoms with van der Waals surface area (Å²) in [4.78, 5) is 2.32. The van der Waals surface area contributed by atoms with Gasteiger partial charge >= 0.3 is 0 Å². The normalized spacial score (nSPS) is 11.3. The second kappa shape index (κ2) is 15.1. The molecule has 1 heterocycles. The first kappa shape index (κ1) is 35.2. The predicted octanol–water partition coefficient (Wildman–Crippen LogP) is 16.1. The lowest BCUT2D eigenvalue weighted by Gasteiger charge is -2.26. The molecule has 282 valence electrons. The summed E-state index contributed by atoms with van der Waals surface area (Å²) in [7, 11) is 0. The van der Waals surface area contributed by atoms with Crippen molar-refractivity contribution in [2.45, 2.75) is 0 Å². The average molecular weight is 765 g/mol. The molecule has 10 aromatic carbocycles. The Morgan fingerprint density at radius 3 is 1.25 bits per heavy atom. The van der Waals surface area contributed by atoms with Crippen LogP contribution in [0.3, 0.4) is 0 Å². The maximum Gasteiger partial charge on any atom is 0.0541 e. The van der Waals surface area contributed by atoms with Crippen LogP contribution < -0.4 is 4.90 Å². The number of para-hydroxylation sites is 4. The zero-order valence-electron chi connectivity index (χ0n) is 33.0. The summed E-state index contributed by atoms with van der Waals surface area (Å²) >= 11 is 0. The van der Waals surface area contributed by atoms with Crippen LogP contribution in [-0.2, 0) is 0 Å². The van der Waals surface area contributed by atoms with Gasteiger partial charge in [-0.15, -0.1) is 0 Å². The summed E-state index contributed by atoms with van der Waals surface area (Å²) < 4.78 is 2.41. The average Bonchev–Trinajstić information content (AvgIpc) is 3.67. The zero-order chi connectivity index (χ0) is 39.8. The van der Waals surface area contributed by atoms with E-state index in [0.717, 1.165) is 17.1 Å². The number of aromatic nitrogens is 1. The number of benzene rings is 10. The first-order valence-electron chi connectivity index (χ1n) is 20.6. The minimum atomic E-state index is 1.11. The van der Waals surface area contributed by atoms with E-state index in [2.05, 4.69) is 252 Å². The lowest BCUT2D eigenvalue weighted by molar-refractivity contribution is 1.18. The molecule has 2 heteroatoms. The molecule has 0 radical (unpaired) electrons. The van der Waals surface area contributed by atoms with Gasteiger partial charge in [-0.3, -0.25) is 0 Å². The van der Waals surface area contributed by atoms with Crippen molar-refractivity contribution in [3.05, 3.63) is 243 Å². The number of hydrogen-bond acceptors (Lipinski definition) is 1. The zero-order valence-corrected chi connectivity index (χ0v) is 33.0. The molecule has 60 heavy (non-hydrogen) atoms. The molecule has 0 N–H and O–H groups in total. The van der Waals surface area contributed by atoms with E-state index in [0.29, 0.717) is 0 Å². The maximum absolute atomic E-state index is 2.41. The molecule has 0 fully saturated rings. The number of rotatable bonds is 8. The molecule has 0 atom stereocenters. The van der Waals surface area contributed by atoms with E-state index in [-0.39, 0.29) is 0 Å². The number of nitrogens with zero attached hydrogens (tertiary/aromatic N) is 2. The summed E-state index contributed by atoms with van der Waals surface area (Å²) in [5.74, 6) is 0. The van der Waals surface area contributed by atoms with Gasteiger partial charge in [0.1, 0.15) is 0 Å². The molecule has 0 aliphatic carbocycles. The Morgan fingerprint density at radius 1 is 0.267 bits per heavy atom. The summed E-state index contributed by atoms with van der Waals surface area (Å²) in [5.41, 5.74) is 16.5. The number of anilines is 3. The Bertz CT molecular complexity index is 3220. The highest BCUT2D eigenvalue weighted by molar-refractivity contribution is 6.09. The van der Waals surface area contributed by atoms with Gasteiger partial charge in [0.15, 0.2) is 0 Å². The fraction of sp³-hybridized carbons (Fsp3) is 0. The Hall–Kier alpha value is -7.94. The van der Waals surface area contributed by atoms with E-state index in [1.165, 1.54) is 82.8 Å². The van der Waals surface area contributed by atoms with E-state index in [4.69, 9.17) is 0 Å². The van der Waals surface area contributed by atoms with Crippen molar-refractivity contribution >= 4 is 49.6 Å². The van der Waals surface area contributed by atoms with Crippen LogP contribution in [0.2, 0.25) is 0 Å². The standard InChI is InChI=1S/C58H40N2/c1-2-14-50(15-3-1)59(51-36-32-44(33-37-51)42-22-24-46(25-23-42)49-31-28-41-12-4-5-13-48(41)40-49)52-38-34-45(35-39-52)43-26-29-47(30-27-43)53-16-6-9-19-56(53)60-57-20-10-7-17-54(57)55-18-8-11-21-58(55)60/h1-40H. The van der Waals surface area contributed by atoms with Crippen LogP contribution in [0.25, 0.3) is 82.8 Å². The Morgan fingerprint density at radius 2 is 0.667 bits per heavy atom. The highest BCUT2D eigenvalue weighted by atomic mass is 15.1. The molecule has 0 unspecified atom stereocenters. The fourth-order valence-electron chi connectivity index (χ4n) is 8.79. The van der Waals surface area contributed by atoms with Gasteiger partial charge in [-0.25, -0.2) is 0 Å². The first-order chi connectivity index (χ1) is 29.7. The molecule has 0 saturated carbocycles. The van der Waals surface area contributed by atoms with Gasteiger partial charge in [0.25, 0.3) is 0 Å². The van der Waals surface area contributed by atoms with Gasteiger partial charge in [-0.05, 0) is 110 Å². The Labute approximate surface area is 350 Å². The Kier molecular flexibility index (Phi) is 8.87. The van der Waals surface area contributed by atoms with Crippen molar-refractivity contribution in [1.82, 2.24) is 4.57 Å². The van der Waals surface area contributed by atoms with E-state index in [1.807, 2.05) is 0 Å². The number of hydrogen-bond donors (Lipinski definition) is 0. The van der Waals surface area contributed by atoms with Gasteiger partial charge in [-0.1, -0.05) is 182 Å². The summed E-state index contributed by atoms with van der Waals surface area (Å²) in [6.45, 7) is 0. The van der Waals surface area contributed by atoms with Crippen molar-refractivity contribution in [2.24, 2.45) is 0 Å². The lowest BCUT2D eigenvalue weighted by atomic mass is 9.98. The van der Waals surface area contributed by atoms with Crippen LogP contribution in [0.5, 0.6) is 0 Å². The van der Waals surface area contributed by atoms with Crippen LogP contribution in [0.4, 0.5) is 17.1 Å². The van der Waals surface area contributed by atoms with E-state index >= 15 is 0 Å². The quantitative estimate of drug-likeness (QED) is 0.150. The smallest absolute Gasteiger partial charge is 0.0541 e. The van der Waals surface area contributed by atoms with Crippen molar-refractivity contribution in [3.63, 3.8) is 0 Å². The molecule has 11 aromatic rings.